The molecule has 2 heteroatoms. The van der Waals surface area contributed by atoms with E-state index < -0.39 is 0 Å². The van der Waals surface area contributed by atoms with Crippen molar-refractivity contribution < 1.29 is 4.42 Å². The summed E-state index contributed by atoms with van der Waals surface area (Å²) >= 11 is 0. The van der Waals surface area contributed by atoms with E-state index in [4.69, 9.17) is 4.42 Å². The van der Waals surface area contributed by atoms with Crippen molar-refractivity contribution in [2.24, 2.45) is 5.92 Å². The van der Waals surface area contributed by atoms with Gasteiger partial charge in [-0.1, -0.05) is 26.2 Å². The third-order valence-corrected chi connectivity index (χ3v) is 4.04. The quantitative estimate of drug-likeness (QED) is 0.849. The fourth-order valence-electron chi connectivity index (χ4n) is 2.94. The van der Waals surface area contributed by atoms with Gasteiger partial charge in [0.1, 0.15) is 11.5 Å². The summed E-state index contributed by atoms with van der Waals surface area (Å²) in [5.41, 5.74) is 1.28. The van der Waals surface area contributed by atoms with Crippen LogP contribution in [-0.4, -0.2) is 6.54 Å². The Morgan fingerprint density at radius 3 is 2.53 bits per heavy atom. The van der Waals surface area contributed by atoms with E-state index >= 15 is 0 Å². The summed E-state index contributed by atoms with van der Waals surface area (Å²) in [4.78, 5) is 0. The molecule has 0 aliphatic heterocycles. The van der Waals surface area contributed by atoms with Gasteiger partial charge in [0.25, 0.3) is 0 Å². The molecular weight excluding hydrogens is 210 g/mol. The molecule has 1 aliphatic carbocycles. The van der Waals surface area contributed by atoms with Gasteiger partial charge in [0.2, 0.25) is 0 Å². The lowest BCUT2D eigenvalue weighted by atomic mass is 9.83. The zero-order valence-electron chi connectivity index (χ0n) is 11.4. The van der Waals surface area contributed by atoms with Crippen molar-refractivity contribution >= 4 is 0 Å². The topological polar surface area (TPSA) is 25.2 Å². The van der Waals surface area contributed by atoms with Crippen LogP contribution in [0.5, 0.6) is 0 Å². The summed E-state index contributed by atoms with van der Waals surface area (Å²) in [7, 11) is 0. The summed E-state index contributed by atoms with van der Waals surface area (Å²) in [5, 5.41) is 3.62. The van der Waals surface area contributed by atoms with Gasteiger partial charge >= 0.3 is 0 Å². The molecule has 1 atom stereocenters. The molecule has 2 nitrogen and oxygen atoms in total. The van der Waals surface area contributed by atoms with Crippen LogP contribution >= 0.6 is 0 Å². The van der Waals surface area contributed by atoms with E-state index in [9.17, 15) is 0 Å². The number of nitrogens with one attached hydrogen (secondary N) is 1. The largest absolute Gasteiger partial charge is 0.464 e. The summed E-state index contributed by atoms with van der Waals surface area (Å²) < 4.78 is 5.92. The van der Waals surface area contributed by atoms with E-state index in [1.165, 1.54) is 37.7 Å². The summed E-state index contributed by atoms with van der Waals surface area (Å²) in [5.74, 6) is 2.97. The van der Waals surface area contributed by atoms with Gasteiger partial charge in [-0.15, -0.1) is 0 Å². The highest BCUT2D eigenvalue weighted by atomic mass is 16.3. The average molecular weight is 235 g/mol. The van der Waals surface area contributed by atoms with Crippen molar-refractivity contribution in [1.82, 2.24) is 5.32 Å². The van der Waals surface area contributed by atoms with E-state index in [-0.39, 0.29) is 0 Å². The molecule has 96 valence electrons. The second-order valence-electron chi connectivity index (χ2n) is 5.32. The normalized spacial score (nSPS) is 19.5. The van der Waals surface area contributed by atoms with Gasteiger partial charge in [-0.3, -0.25) is 0 Å². The molecule has 1 aromatic heterocycles. The van der Waals surface area contributed by atoms with Crippen molar-refractivity contribution in [1.29, 1.82) is 0 Å². The molecule has 17 heavy (non-hydrogen) atoms. The van der Waals surface area contributed by atoms with Crippen LogP contribution in [0, 0.1) is 19.8 Å². The molecule has 0 radical (unpaired) electrons. The lowest BCUT2D eigenvalue weighted by Crippen LogP contribution is -2.29. The molecule has 0 amide bonds. The molecule has 1 fully saturated rings. The minimum absolute atomic E-state index is 0.424. The Morgan fingerprint density at radius 1 is 1.29 bits per heavy atom. The molecular formula is C15H25NO. The van der Waals surface area contributed by atoms with Crippen molar-refractivity contribution in [3.63, 3.8) is 0 Å². The second-order valence-corrected chi connectivity index (χ2v) is 5.32. The van der Waals surface area contributed by atoms with Gasteiger partial charge in [0.15, 0.2) is 0 Å². The molecule has 1 heterocycles. The molecule has 1 N–H and O–H groups in total. The standard InChI is InChI=1S/C15H25NO/c1-4-16-15(13-8-6-5-7-9-13)14-10-11(2)12(3)17-14/h10,13,15-16H,4-9H2,1-3H3. The van der Waals surface area contributed by atoms with Gasteiger partial charge in [-0.2, -0.15) is 0 Å². The Bertz CT molecular complexity index is 330. The molecule has 1 aliphatic rings. The summed E-state index contributed by atoms with van der Waals surface area (Å²) in [6.45, 7) is 7.38. The van der Waals surface area contributed by atoms with Gasteiger partial charge in [-0.05, 0) is 50.8 Å². The predicted octanol–water partition coefficient (Wildman–Crippen LogP) is 4.13. The maximum Gasteiger partial charge on any atom is 0.121 e. The van der Waals surface area contributed by atoms with Crippen LogP contribution in [0.15, 0.2) is 10.5 Å². The predicted molar refractivity (Wildman–Crippen MR) is 71.2 cm³/mol. The Balaban J connectivity index is 2.15. The van der Waals surface area contributed by atoms with Crippen molar-refractivity contribution in [2.75, 3.05) is 6.54 Å². The number of rotatable bonds is 4. The molecule has 0 aromatic carbocycles. The lowest BCUT2D eigenvalue weighted by molar-refractivity contribution is 0.244. The Labute approximate surface area is 105 Å². The number of hydrogen-bond acceptors (Lipinski definition) is 2. The first-order valence-electron chi connectivity index (χ1n) is 7.02. The highest BCUT2D eigenvalue weighted by molar-refractivity contribution is 5.21. The van der Waals surface area contributed by atoms with Crippen LogP contribution in [-0.2, 0) is 0 Å². The first kappa shape index (κ1) is 12.7. The lowest BCUT2D eigenvalue weighted by Gasteiger charge is -2.29. The first-order valence-corrected chi connectivity index (χ1v) is 7.02. The number of furan rings is 1. The SMILES string of the molecule is CCNC(c1cc(C)c(C)o1)C1CCCCC1. The summed E-state index contributed by atoms with van der Waals surface area (Å²) in [6.07, 6.45) is 6.86. The molecule has 1 aromatic rings. The molecule has 1 unspecified atom stereocenters. The highest BCUT2D eigenvalue weighted by Gasteiger charge is 2.26. The van der Waals surface area contributed by atoms with Gasteiger partial charge in [-0.25, -0.2) is 0 Å². The maximum atomic E-state index is 5.92. The van der Waals surface area contributed by atoms with E-state index in [0.717, 1.165) is 24.0 Å². The third-order valence-electron chi connectivity index (χ3n) is 4.04. The fraction of sp³-hybridized carbons (Fsp3) is 0.733. The minimum Gasteiger partial charge on any atom is -0.464 e. The number of aryl methyl sites for hydroxylation is 2. The molecule has 0 saturated heterocycles. The first-order chi connectivity index (χ1) is 8.22. The molecule has 0 spiro atoms. The molecule has 0 bridgehead atoms. The van der Waals surface area contributed by atoms with Gasteiger partial charge < -0.3 is 9.73 Å². The Kier molecular flexibility index (Phi) is 4.27. The van der Waals surface area contributed by atoms with Gasteiger partial charge in [0, 0.05) is 0 Å². The number of hydrogen-bond donors (Lipinski definition) is 1. The Morgan fingerprint density at radius 2 is 2.00 bits per heavy atom. The monoisotopic (exact) mass is 235 g/mol. The van der Waals surface area contributed by atoms with Gasteiger partial charge in [0.05, 0.1) is 6.04 Å². The van der Waals surface area contributed by atoms with Crippen molar-refractivity contribution in [3.8, 4) is 0 Å². The Hall–Kier alpha value is -0.760. The molecule has 1 saturated carbocycles. The van der Waals surface area contributed by atoms with Crippen LogP contribution in [0.3, 0.4) is 0 Å². The average Bonchev–Trinajstić information content (AvgIpc) is 2.67. The van der Waals surface area contributed by atoms with Crippen LogP contribution in [0.4, 0.5) is 0 Å². The van der Waals surface area contributed by atoms with Crippen LogP contribution in [0.2, 0.25) is 0 Å². The van der Waals surface area contributed by atoms with E-state index in [1.54, 1.807) is 0 Å². The smallest absolute Gasteiger partial charge is 0.121 e. The second kappa shape index (κ2) is 5.72. The van der Waals surface area contributed by atoms with Crippen LogP contribution in [0.1, 0.15) is 62.2 Å². The minimum atomic E-state index is 0.424. The van der Waals surface area contributed by atoms with E-state index in [2.05, 4.69) is 32.2 Å². The van der Waals surface area contributed by atoms with Crippen molar-refractivity contribution in [3.05, 3.63) is 23.2 Å². The van der Waals surface area contributed by atoms with Crippen LogP contribution < -0.4 is 5.32 Å². The highest BCUT2D eigenvalue weighted by Crippen LogP contribution is 2.35. The van der Waals surface area contributed by atoms with Crippen LogP contribution in [0.25, 0.3) is 0 Å². The third kappa shape index (κ3) is 2.92. The fourth-order valence-corrected chi connectivity index (χ4v) is 2.94. The van der Waals surface area contributed by atoms with Crippen molar-refractivity contribution in [2.45, 2.75) is 58.9 Å². The summed E-state index contributed by atoms with van der Waals surface area (Å²) in [6, 6.07) is 2.64. The van der Waals surface area contributed by atoms with E-state index in [1.807, 2.05) is 0 Å². The molecule has 2 rings (SSSR count). The van der Waals surface area contributed by atoms with E-state index in [0.29, 0.717) is 6.04 Å². The maximum absolute atomic E-state index is 5.92. The zero-order chi connectivity index (χ0) is 12.3. The zero-order valence-corrected chi connectivity index (χ0v) is 11.4.